The molecule has 0 unspecified atom stereocenters. The number of benzene rings is 2. The van der Waals surface area contributed by atoms with Crippen LogP contribution in [0.5, 0.6) is 17.5 Å². The molecule has 178 valence electrons. The van der Waals surface area contributed by atoms with E-state index in [0.29, 0.717) is 22.4 Å². The molecule has 1 aromatic heterocycles. The number of aromatic nitrogens is 2. The standard InChI is InChI=1S/C26H24N4O4S/c31-25-22(35-26(32)29-25)14-18-6-8-20(9-7-18)33-23-15-24(28-17-27-23)34-21-10-12-30(13-11-21)16-19-4-2-1-3-5-19/h1-9,14-15,17,21H,10-13,16H2,(H,29,31,32)/b22-14+. The molecule has 0 aliphatic carbocycles. The Morgan fingerprint density at radius 1 is 1.00 bits per heavy atom. The van der Waals surface area contributed by atoms with Gasteiger partial charge in [-0.15, -0.1) is 0 Å². The monoisotopic (exact) mass is 488 g/mol. The highest BCUT2D eigenvalue weighted by Gasteiger charge is 2.25. The summed E-state index contributed by atoms with van der Waals surface area (Å²) < 4.78 is 12.0. The van der Waals surface area contributed by atoms with Crippen LogP contribution in [0, 0.1) is 0 Å². The number of thioether (sulfide) groups is 1. The van der Waals surface area contributed by atoms with Crippen LogP contribution in [0.25, 0.3) is 6.08 Å². The molecule has 2 aromatic carbocycles. The number of carbonyl (C=O) groups excluding carboxylic acids is 2. The first-order valence-electron chi connectivity index (χ1n) is 11.4. The minimum Gasteiger partial charge on any atom is -0.474 e. The highest BCUT2D eigenvalue weighted by Crippen LogP contribution is 2.28. The molecule has 2 amide bonds. The summed E-state index contributed by atoms with van der Waals surface area (Å²) in [5.41, 5.74) is 2.11. The van der Waals surface area contributed by atoms with Gasteiger partial charge in [-0.25, -0.2) is 9.97 Å². The fourth-order valence-corrected chi connectivity index (χ4v) is 4.65. The molecule has 9 heteroatoms. The highest BCUT2D eigenvalue weighted by atomic mass is 32.2. The number of hydrogen-bond donors (Lipinski definition) is 1. The summed E-state index contributed by atoms with van der Waals surface area (Å²) in [6, 6.07) is 19.4. The maximum Gasteiger partial charge on any atom is 0.290 e. The molecule has 8 nitrogen and oxygen atoms in total. The number of piperidine rings is 1. The third-order valence-electron chi connectivity index (χ3n) is 5.73. The molecule has 0 spiro atoms. The first-order chi connectivity index (χ1) is 17.1. The second kappa shape index (κ2) is 10.7. The normalized spacial score (nSPS) is 18.0. The molecule has 0 radical (unpaired) electrons. The van der Waals surface area contributed by atoms with Crippen molar-refractivity contribution in [3.63, 3.8) is 0 Å². The van der Waals surface area contributed by atoms with E-state index in [-0.39, 0.29) is 17.3 Å². The van der Waals surface area contributed by atoms with Gasteiger partial charge in [0.2, 0.25) is 11.8 Å². The molecule has 0 atom stereocenters. The summed E-state index contributed by atoms with van der Waals surface area (Å²) in [6.45, 7) is 2.91. The van der Waals surface area contributed by atoms with Gasteiger partial charge >= 0.3 is 0 Å². The second-order valence-electron chi connectivity index (χ2n) is 8.30. The Balaban J connectivity index is 1.14. The molecule has 0 bridgehead atoms. The van der Waals surface area contributed by atoms with Crippen LogP contribution in [0.2, 0.25) is 0 Å². The smallest absolute Gasteiger partial charge is 0.290 e. The molecular weight excluding hydrogens is 464 g/mol. The first kappa shape index (κ1) is 23.1. The van der Waals surface area contributed by atoms with Crippen LogP contribution in [0.1, 0.15) is 24.0 Å². The van der Waals surface area contributed by atoms with Crippen molar-refractivity contribution < 1.29 is 19.1 Å². The zero-order valence-corrected chi connectivity index (χ0v) is 19.7. The predicted octanol–water partition coefficient (Wildman–Crippen LogP) is 4.64. The minimum atomic E-state index is -0.379. The van der Waals surface area contributed by atoms with E-state index in [1.807, 2.05) is 6.07 Å². The number of hydrogen-bond acceptors (Lipinski definition) is 8. The maximum absolute atomic E-state index is 11.7. The van der Waals surface area contributed by atoms with Crippen molar-refractivity contribution in [3.8, 4) is 17.5 Å². The summed E-state index contributed by atoms with van der Waals surface area (Å²) in [5.74, 6) is 1.09. The molecule has 0 saturated carbocycles. The van der Waals surface area contributed by atoms with Crippen LogP contribution in [0.3, 0.4) is 0 Å². The van der Waals surface area contributed by atoms with Gasteiger partial charge < -0.3 is 9.47 Å². The second-order valence-corrected chi connectivity index (χ2v) is 9.31. The Labute approximate surface area is 207 Å². The van der Waals surface area contributed by atoms with Crippen molar-refractivity contribution in [1.82, 2.24) is 20.2 Å². The summed E-state index contributed by atoms with van der Waals surface area (Å²) in [4.78, 5) is 34.2. The average molecular weight is 489 g/mol. The zero-order valence-electron chi connectivity index (χ0n) is 18.9. The number of amides is 2. The number of ether oxygens (including phenoxy) is 2. The van der Waals surface area contributed by atoms with E-state index < -0.39 is 0 Å². The van der Waals surface area contributed by atoms with Gasteiger partial charge in [0.25, 0.3) is 11.1 Å². The number of imide groups is 1. The van der Waals surface area contributed by atoms with Crippen LogP contribution in [0.15, 0.2) is 71.9 Å². The SMILES string of the molecule is O=C1NC(=O)/C(=C\c2ccc(Oc3cc(OC4CCN(Cc5ccccc5)CC4)ncn3)cc2)S1. The van der Waals surface area contributed by atoms with Crippen molar-refractivity contribution in [3.05, 3.63) is 83.0 Å². The molecule has 3 aromatic rings. The van der Waals surface area contributed by atoms with Crippen LogP contribution in [-0.2, 0) is 11.3 Å². The van der Waals surface area contributed by atoms with E-state index in [4.69, 9.17) is 9.47 Å². The van der Waals surface area contributed by atoms with Crippen LogP contribution < -0.4 is 14.8 Å². The van der Waals surface area contributed by atoms with Gasteiger partial charge in [0.15, 0.2) is 0 Å². The lowest BCUT2D eigenvalue weighted by Crippen LogP contribution is -2.37. The maximum atomic E-state index is 11.7. The van der Waals surface area contributed by atoms with Crippen molar-refractivity contribution in [1.29, 1.82) is 0 Å². The molecule has 5 rings (SSSR count). The Morgan fingerprint density at radius 2 is 1.74 bits per heavy atom. The van der Waals surface area contributed by atoms with Gasteiger partial charge in [-0.2, -0.15) is 0 Å². The molecule has 1 N–H and O–H groups in total. The van der Waals surface area contributed by atoms with Gasteiger partial charge in [-0.05, 0) is 53.9 Å². The van der Waals surface area contributed by atoms with E-state index in [1.54, 1.807) is 36.4 Å². The molecule has 3 heterocycles. The quantitative estimate of drug-likeness (QED) is 0.481. The number of carbonyl (C=O) groups is 2. The van der Waals surface area contributed by atoms with Gasteiger partial charge in [-0.3, -0.25) is 19.8 Å². The number of likely N-dealkylation sites (tertiary alicyclic amines) is 1. The Kier molecular flexibility index (Phi) is 7.06. The van der Waals surface area contributed by atoms with E-state index >= 15 is 0 Å². The summed E-state index contributed by atoms with van der Waals surface area (Å²) >= 11 is 0.888. The Hall–Kier alpha value is -3.69. The fourth-order valence-electron chi connectivity index (χ4n) is 3.97. The highest BCUT2D eigenvalue weighted by molar-refractivity contribution is 8.18. The molecule has 2 saturated heterocycles. The van der Waals surface area contributed by atoms with Crippen LogP contribution in [-0.4, -0.2) is 45.2 Å². The Morgan fingerprint density at radius 3 is 2.46 bits per heavy atom. The largest absolute Gasteiger partial charge is 0.474 e. The third-order valence-corrected chi connectivity index (χ3v) is 6.54. The third kappa shape index (κ3) is 6.26. The lowest BCUT2D eigenvalue weighted by Gasteiger charge is -2.31. The topological polar surface area (TPSA) is 93.7 Å². The average Bonchev–Trinajstić information content (AvgIpc) is 3.19. The molecule has 2 fully saturated rings. The van der Waals surface area contributed by atoms with Crippen molar-refractivity contribution in [2.24, 2.45) is 0 Å². The molecular formula is C26H24N4O4S. The van der Waals surface area contributed by atoms with E-state index in [9.17, 15) is 9.59 Å². The molecule has 35 heavy (non-hydrogen) atoms. The van der Waals surface area contributed by atoms with E-state index in [0.717, 1.165) is 49.8 Å². The molecule has 2 aliphatic heterocycles. The number of nitrogens with one attached hydrogen (secondary N) is 1. The Bertz CT molecular complexity index is 1230. The number of rotatable bonds is 7. The van der Waals surface area contributed by atoms with Crippen LogP contribution in [0.4, 0.5) is 4.79 Å². The summed E-state index contributed by atoms with van der Waals surface area (Å²) in [5, 5.41) is 1.88. The molecule has 2 aliphatic rings. The minimum absolute atomic E-state index is 0.106. The fraction of sp³-hybridized carbons (Fsp3) is 0.231. The van der Waals surface area contributed by atoms with E-state index in [2.05, 4.69) is 44.5 Å². The lowest BCUT2D eigenvalue weighted by atomic mass is 10.1. The number of nitrogens with zero attached hydrogens (tertiary/aromatic N) is 3. The van der Waals surface area contributed by atoms with Crippen molar-refractivity contribution in [2.45, 2.75) is 25.5 Å². The van der Waals surface area contributed by atoms with E-state index in [1.165, 1.54) is 11.9 Å². The van der Waals surface area contributed by atoms with Gasteiger partial charge in [0, 0.05) is 19.6 Å². The predicted molar refractivity (Wildman–Crippen MR) is 133 cm³/mol. The zero-order chi connectivity index (χ0) is 24.0. The first-order valence-corrected chi connectivity index (χ1v) is 12.2. The van der Waals surface area contributed by atoms with Gasteiger partial charge in [0.05, 0.1) is 11.0 Å². The van der Waals surface area contributed by atoms with Crippen LogP contribution >= 0.6 is 11.8 Å². The van der Waals surface area contributed by atoms with Crippen molar-refractivity contribution in [2.75, 3.05) is 13.1 Å². The summed E-state index contributed by atoms with van der Waals surface area (Å²) in [6.07, 6.45) is 5.07. The van der Waals surface area contributed by atoms with Crippen molar-refractivity contribution >= 4 is 29.0 Å². The van der Waals surface area contributed by atoms with Gasteiger partial charge in [-0.1, -0.05) is 42.5 Å². The summed E-state index contributed by atoms with van der Waals surface area (Å²) in [7, 11) is 0. The van der Waals surface area contributed by atoms with Gasteiger partial charge in [0.1, 0.15) is 18.2 Å². The lowest BCUT2D eigenvalue weighted by molar-refractivity contribution is -0.115.